The van der Waals surface area contributed by atoms with Crippen LogP contribution in [0.4, 0.5) is 0 Å². The Balaban J connectivity index is 1.19. The summed E-state index contributed by atoms with van der Waals surface area (Å²) in [4.78, 5) is 26.6. The number of hydrogen-bond acceptors (Lipinski definition) is 6. The van der Waals surface area contributed by atoms with Crippen molar-refractivity contribution in [1.29, 1.82) is 0 Å². The number of nitrogens with zero attached hydrogens (tertiary/aromatic N) is 1. The van der Waals surface area contributed by atoms with E-state index in [4.69, 9.17) is 18.9 Å². The third-order valence-corrected chi connectivity index (χ3v) is 5.61. The van der Waals surface area contributed by atoms with Gasteiger partial charge in [-0.1, -0.05) is 42.5 Å². The Bertz CT molecular complexity index is 1090. The predicted molar refractivity (Wildman–Crippen MR) is 130 cm³/mol. The summed E-state index contributed by atoms with van der Waals surface area (Å²) in [7, 11) is 1.61. The van der Waals surface area contributed by atoms with Gasteiger partial charge in [-0.15, -0.1) is 0 Å². The van der Waals surface area contributed by atoms with Crippen LogP contribution in [0.15, 0.2) is 78.9 Å². The number of rotatable bonds is 12. The van der Waals surface area contributed by atoms with Crippen LogP contribution < -0.4 is 14.2 Å². The fourth-order valence-corrected chi connectivity index (χ4v) is 3.52. The Morgan fingerprint density at radius 3 is 2.03 bits per heavy atom. The molecule has 1 saturated carbocycles. The number of methoxy groups -OCH3 is 1. The van der Waals surface area contributed by atoms with Gasteiger partial charge >= 0.3 is 5.97 Å². The smallest absolute Gasteiger partial charge is 0.344 e. The standard InChI is InChI=1S/C28H29NO6/c1-32-24-11-7-21(8-12-24)17-29(23-9-10-23)27(30)19-35-28(31)20-34-26-15-13-25(14-16-26)33-18-22-5-3-2-4-6-22/h2-8,11-16,23H,9-10,17-20H2,1H3. The van der Waals surface area contributed by atoms with Crippen LogP contribution in [0.2, 0.25) is 0 Å². The molecule has 0 unspecified atom stereocenters. The summed E-state index contributed by atoms with van der Waals surface area (Å²) in [5, 5.41) is 0. The van der Waals surface area contributed by atoms with Crippen LogP contribution in [0.3, 0.4) is 0 Å². The number of benzene rings is 3. The van der Waals surface area contributed by atoms with Crippen molar-refractivity contribution in [2.75, 3.05) is 20.3 Å². The molecule has 182 valence electrons. The molecule has 3 aromatic carbocycles. The molecule has 3 aromatic rings. The van der Waals surface area contributed by atoms with Gasteiger partial charge in [-0.25, -0.2) is 4.79 Å². The van der Waals surface area contributed by atoms with E-state index >= 15 is 0 Å². The van der Waals surface area contributed by atoms with Crippen molar-refractivity contribution in [2.24, 2.45) is 0 Å². The molecule has 0 atom stereocenters. The Morgan fingerprint density at radius 2 is 1.40 bits per heavy atom. The van der Waals surface area contributed by atoms with E-state index in [1.807, 2.05) is 54.6 Å². The number of esters is 1. The zero-order chi connectivity index (χ0) is 24.5. The van der Waals surface area contributed by atoms with Gasteiger partial charge in [0.05, 0.1) is 7.11 Å². The Labute approximate surface area is 205 Å². The van der Waals surface area contributed by atoms with Crippen molar-refractivity contribution >= 4 is 11.9 Å². The maximum absolute atomic E-state index is 12.7. The monoisotopic (exact) mass is 475 g/mol. The Kier molecular flexibility index (Phi) is 8.22. The lowest BCUT2D eigenvalue weighted by Gasteiger charge is -2.22. The molecule has 1 amide bonds. The van der Waals surface area contributed by atoms with Gasteiger partial charge in [0.1, 0.15) is 23.9 Å². The molecule has 7 heteroatoms. The van der Waals surface area contributed by atoms with Gasteiger partial charge in [-0.3, -0.25) is 4.79 Å². The van der Waals surface area contributed by atoms with Crippen LogP contribution >= 0.6 is 0 Å². The van der Waals surface area contributed by atoms with E-state index in [0.717, 1.165) is 29.7 Å². The molecule has 0 radical (unpaired) electrons. The molecule has 1 aliphatic rings. The number of carbonyl (C=O) groups excluding carboxylic acids is 2. The number of hydrogen-bond donors (Lipinski definition) is 0. The third kappa shape index (κ3) is 7.50. The van der Waals surface area contributed by atoms with E-state index in [-0.39, 0.29) is 25.2 Å². The summed E-state index contributed by atoms with van der Waals surface area (Å²) < 4.78 is 21.6. The van der Waals surface area contributed by atoms with Gasteiger partial charge in [0.2, 0.25) is 0 Å². The minimum Gasteiger partial charge on any atom is -0.497 e. The summed E-state index contributed by atoms with van der Waals surface area (Å²) in [5.41, 5.74) is 2.08. The van der Waals surface area contributed by atoms with Gasteiger partial charge in [-0.2, -0.15) is 0 Å². The summed E-state index contributed by atoms with van der Waals surface area (Å²) in [6, 6.07) is 24.7. The molecule has 1 aliphatic carbocycles. The molecule has 0 bridgehead atoms. The quantitative estimate of drug-likeness (QED) is 0.362. The van der Waals surface area contributed by atoms with Crippen LogP contribution in [-0.4, -0.2) is 43.1 Å². The van der Waals surface area contributed by atoms with Gasteiger partial charge < -0.3 is 23.8 Å². The van der Waals surface area contributed by atoms with Crippen LogP contribution in [0, 0.1) is 0 Å². The lowest BCUT2D eigenvalue weighted by Crippen LogP contribution is -2.36. The van der Waals surface area contributed by atoms with Gasteiger partial charge in [-0.05, 0) is 60.4 Å². The molecule has 0 aliphatic heterocycles. The molecule has 1 fully saturated rings. The van der Waals surface area contributed by atoms with Crippen LogP contribution in [-0.2, 0) is 27.5 Å². The van der Waals surface area contributed by atoms with Gasteiger partial charge in [0.15, 0.2) is 13.2 Å². The zero-order valence-corrected chi connectivity index (χ0v) is 19.7. The van der Waals surface area contributed by atoms with E-state index in [0.29, 0.717) is 24.7 Å². The molecule has 0 heterocycles. The number of ether oxygens (including phenoxy) is 4. The molecule has 35 heavy (non-hydrogen) atoms. The first-order chi connectivity index (χ1) is 17.1. The van der Waals surface area contributed by atoms with Crippen LogP contribution in [0.25, 0.3) is 0 Å². The van der Waals surface area contributed by atoms with Crippen molar-refractivity contribution in [2.45, 2.75) is 32.0 Å². The number of carbonyl (C=O) groups is 2. The Morgan fingerprint density at radius 1 is 0.771 bits per heavy atom. The first-order valence-corrected chi connectivity index (χ1v) is 11.6. The molecule has 0 N–H and O–H groups in total. The second kappa shape index (κ2) is 11.9. The highest BCUT2D eigenvalue weighted by Crippen LogP contribution is 2.29. The minimum absolute atomic E-state index is 0.196. The highest BCUT2D eigenvalue weighted by atomic mass is 16.6. The van der Waals surface area contributed by atoms with Gasteiger partial charge in [0, 0.05) is 12.6 Å². The van der Waals surface area contributed by atoms with E-state index < -0.39 is 5.97 Å². The van der Waals surface area contributed by atoms with Crippen molar-refractivity contribution in [1.82, 2.24) is 4.90 Å². The molecule has 7 nitrogen and oxygen atoms in total. The summed E-state index contributed by atoms with van der Waals surface area (Å²) in [5.74, 6) is 1.17. The largest absolute Gasteiger partial charge is 0.497 e. The van der Waals surface area contributed by atoms with Crippen molar-refractivity contribution in [3.8, 4) is 17.2 Å². The third-order valence-electron chi connectivity index (χ3n) is 5.61. The second-order valence-electron chi connectivity index (χ2n) is 8.30. The SMILES string of the molecule is COc1ccc(CN(C(=O)COC(=O)COc2ccc(OCc3ccccc3)cc2)C2CC2)cc1. The molecular formula is C28H29NO6. The van der Waals surface area contributed by atoms with Crippen LogP contribution in [0.1, 0.15) is 24.0 Å². The van der Waals surface area contributed by atoms with Crippen molar-refractivity contribution < 1.29 is 28.5 Å². The second-order valence-corrected chi connectivity index (χ2v) is 8.30. The minimum atomic E-state index is -0.594. The lowest BCUT2D eigenvalue weighted by atomic mass is 10.2. The average molecular weight is 476 g/mol. The summed E-state index contributed by atoms with van der Waals surface area (Å²) in [6.45, 7) is 0.360. The van der Waals surface area contributed by atoms with E-state index in [1.165, 1.54) is 0 Å². The fraction of sp³-hybridized carbons (Fsp3) is 0.286. The first kappa shape index (κ1) is 24.1. The summed E-state index contributed by atoms with van der Waals surface area (Å²) in [6.07, 6.45) is 1.92. The maximum atomic E-state index is 12.7. The van der Waals surface area contributed by atoms with Crippen molar-refractivity contribution in [3.05, 3.63) is 90.0 Å². The molecule has 4 rings (SSSR count). The fourth-order valence-electron chi connectivity index (χ4n) is 3.52. The highest BCUT2D eigenvalue weighted by Gasteiger charge is 2.33. The highest BCUT2D eigenvalue weighted by molar-refractivity contribution is 5.81. The molecule has 0 spiro atoms. The Hall–Kier alpha value is -4.00. The number of amides is 1. The summed E-state index contributed by atoms with van der Waals surface area (Å²) >= 11 is 0. The first-order valence-electron chi connectivity index (χ1n) is 11.6. The molecule has 0 aromatic heterocycles. The van der Waals surface area contributed by atoms with E-state index in [2.05, 4.69) is 0 Å². The maximum Gasteiger partial charge on any atom is 0.344 e. The predicted octanol–water partition coefficient (Wildman–Crippen LogP) is 4.39. The topological polar surface area (TPSA) is 74.3 Å². The lowest BCUT2D eigenvalue weighted by molar-refractivity contribution is -0.154. The van der Waals surface area contributed by atoms with E-state index in [9.17, 15) is 9.59 Å². The zero-order valence-electron chi connectivity index (χ0n) is 19.7. The van der Waals surface area contributed by atoms with E-state index in [1.54, 1.807) is 36.3 Å². The van der Waals surface area contributed by atoms with Gasteiger partial charge in [0.25, 0.3) is 5.91 Å². The van der Waals surface area contributed by atoms with Crippen LogP contribution in [0.5, 0.6) is 17.2 Å². The molecule has 0 saturated heterocycles. The normalized spacial score (nSPS) is 12.5. The van der Waals surface area contributed by atoms with Crippen molar-refractivity contribution in [3.63, 3.8) is 0 Å². The average Bonchev–Trinajstić information content (AvgIpc) is 3.75. The molecular weight excluding hydrogens is 446 g/mol.